The molecule has 3 atom stereocenters. The predicted octanol–water partition coefficient (Wildman–Crippen LogP) is 2.45. The van der Waals surface area contributed by atoms with Crippen molar-refractivity contribution in [2.45, 2.75) is 44.4 Å². The van der Waals surface area contributed by atoms with Gasteiger partial charge in [-0.2, -0.15) is 5.26 Å². The molecule has 3 unspecified atom stereocenters. The average Bonchev–Trinajstić information content (AvgIpc) is 2.96. The third-order valence-electron chi connectivity index (χ3n) is 5.29. The Kier molecular flexibility index (Phi) is 4.67. The Morgan fingerprint density at radius 1 is 1.52 bits per heavy atom. The number of ether oxygens (including phenoxy) is 1. The Balaban J connectivity index is 1.79. The Bertz CT molecular complexity index is 612. The molecule has 2 aliphatic heterocycles. The third-order valence-corrected chi connectivity index (χ3v) is 5.29. The van der Waals surface area contributed by atoms with Crippen molar-refractivity contribution in [1.29, 1.82) is 5.26 Å². The number of likely N-dealkylation sites (tertiary alicyclic amines) is 1. The van der Waals surface area contributed by atoms with Crippen LogP contribution in [0.2, 0.25) is 0 Å². The summed E-state index contributed by atoms with van der Waals surface area (Å²) in [4.78, 5) is 2.31. The van der Waals surface area contributed by atoms with Crippen LogP contribution in [-0.4, -0.2) is 41.4 Å². The number of nitriles is 1. The van der Waals surface area contributed by atoms with Gasteiger partial charge >= 0.3 is 0 Å². The lowest BCUT2D eigenvalue weighted by Gasteiger charge is -2.43. The molecule has 124 valence electrons. The minimum Gasteiger partial charge on any atom is -0.390 e. The molecular weight excluding hydrogens is 295 g/mol. The van der Waals surface area contributed by atoms with Crippen molar-refractivity contribution in [1.82, 2.24) is 4.90 Å². The molecule has 2 heterocycles. The smallest absolute Gasteiger partial charge is 0.124 e. The predicted molar refractivity (Wildman–Crippen MR) is 84.1 cm³/mol. The topological polar surface area (TPSA) is 56.5 Å². The second-order valence-electron chi connectivity index (χ2n) is 6.88. The molecule has 5 heteroatoms. The standard InChI is InChI=1S/C18H23FN2O2/c1-18(22)6-8-23-12-16(18)17-3-2-7-21(17)11-13-4-5-15(19)9-14(13)10-20/h4-5,9,16-17,22H,2-3,6-8,11-12H2,1H3. The second-order valence-corrected chi connectivity index (χ2v) is 6.88. The van der Waals surface area contributed by atoms with Gasteiger partial charge in [-0.15, -0.1) is 0 Å². The van der Waals surface area contributed by atoms with Gasteiger partial charge in [-0.1, -0.05) is 6.07 Å². The number of rotatable bonds is 3. The number of hydrogen-bond donors (Lipinski definition) is 1. The van der Waals surface area contributed by atoms with Crippen LogP contribution in [0.4, 0.5) is 4.39 Å². The van der Waals surface area contributed by atoms with E-state index in [1.165, 1.54) is 12.1 Å². The van der Waals surface area contributed by atoms with Crippen LogP contribution < -0.4 is 0 Å². The monoisotopic (exact) mass is 318 g/mol. The molecule has 1 N–H and O–H groups in total. The largest absolute Gasteiger partial charge is 0.390 e. The normalized spacial score (nSPS) is 31.9. The SMILES string of the molecule is CC1(O)CCOCC1C1CCCN1Cc1ccc(F)cc1C#N. The van der Waals surface area contributed by atoms with Crippen LogP contribution in [0.25, 0.3) is 0 Å². The van der Waals surface area contributed by atoms with Gasteiger partial charge in [-0.3, -0.25) is 4.90 Å². The van der Waals surface area contributed by atoms with E-state index >= 15 is 0 Å². The lowest BCUT2D eigenvalue weighted by atomic mass is 9.79. The van der Waals surface area contributed by atoms with E-state index in [1.54, 1.807) is 6.07 Å². The Morgan fingerprint density at radius 3 is 3.09 bits per heavy atom. The number of halogens is 1. The van der Waals surface area contributed by atoms with E-state index in [0.29, 0.717) is 31.7 Å². The second kappa shape index (κ2) is 6.56. The van der Waals surface area contributed by atoms with Crippen LogP contribution in [0.3, 0.4) is 0 Å². The van der Waals surface area contributed by atoms with Crippen LogP contribution in [-0.2, 0) is 11.3 Å². The molecule has 1 aromatic rings. The highest BCUT2D eigenvalue weighted by molar-refractivity contribution is 5.38. The highest BCUT2D eigenvalue weighted by Gasteiger charge is 2.44. The summed E-state index contributed by atoms with van der Waals surface area (Å²) in [6.45, 7) is 4.62. The maximum atomic E-state index is 13.3. The number of aliphatic hydroxyl groups is 1. The summed E-state index contributed by atoms with van der Waals surface area (Å²) in [6, 6.07) is 6.71. The first-order chi connectivity index (χ1) is 11.0. The Morgan fingerprint density at radius 2 is 2.35 bits per heavy atom. The van der Waals surface area contributed by atoms with E-state index in [-0.39, 0.29) is 17.8 Å². The van der Waals surface area contributed by atoms with Gasteiger partial charge in [-0.05, 0) is 50.4 Å². The van der Waals surface area contributed by atoms with Gasteiger partial charge in [0, 0.05) is 25.1 Å². The van der Waals surface area contributed by atoms with E-state index in [1.807, 2.05) is 6.92 Å². The first-order valence-electron chi connectivity index (χ1n) is 8.24. The molecule has 2 saturated heterocycles. The summed E-state index contributed by atoms with van der Waals surface area (Å²) < 4.78 is 18.9. The summed E-state index contributed by atoms with van der Waals surface area (Å²) in [5.74, 6) is -0.309. The molecule has 0 amide bonds. The van der Waals surface area contributed by atoms with Crippen molar-refractivity contribution in [3.8, 4) is 6.07 Å². The fraction of sp³-hybridized carbons (Fsp3) is 0.611. The van der Waals surface area contributed by atoms with Crippen LogP contribution in [0.15, 0.2) is 18.2 Å². The minimum absolute atomic E-state index is 0.0738. The zero-order valence-electron chi connectivity index (χ0n) is 13.5. The molecule has 2 aliphatic rings. The molecule has 3 rings (SSSR count). The van der Waals surface area contributed by atoms with Crippen molar-refractivity contribution in [2.24, 2.45) is 5.92 Å². The molecule has 0 bridgehead atoms. The number of benzene rings is 1. The first kappa shape index (κ1) is 16.4. The van der Waals surface area contributed by atoms with E-state index in [4.69, 9.17) is 4.74 Å². The zero-order chi connectivity index (χ0) is 16.4. The van der Waals surface area contributed by atoms with Crippen molar-refractivity contribution in [3.05, 3.63) is 35.1 Å². The average molecular weight is 318 g/mol. The summed E-state index contributed by atoms with van der Waals surface area (Å²) in [6.07, 6.45) is 2.75. The maximum absolute atomic E-state index is 13.3. The Hall–Kier alpha value is -1.48. The summed E-state index contributed by atoms with van der Waals surface area (Å²) in [5, 5.41) is 19.9. The van der Waals surface area contributed by atoms with Crippen molar-refractivity contribution >= 4 is 0 Å². The first-order valence-corrected chi connectivity index (χ1v) is 8.24. The van der Waals surface area contributed by atoms with Crippen molar-refractivity contribution in [3.63, 3.8) is 0 Å². The molecule has 2 fully saturated rings. The van der Waals surface area contributed by atoms with Gasteiger partial charge in [0.25, 0.3) is 0 Å². The van der Waals surface area contributed by atoms with Gasteiger partial charge in [0.1, 0.15) is 5.82 Å². The summed E-state index contributed by atoms with van der Waals surface area (Å²) in [5.41, 5.74) is 0.520. The molecule has 23 heavy (non-hydrogen) atoms. The molecule has 0 aromatic heterocycles. The molecule has 0 aliphatic carbocycles. The van der Waals surface area contributed by atoms with E-state index in [2.05, 4.69) is 11.0 Å². The van der Waals surface area contributed by atoms with Gasteiger partial charge in [-0.25, -0.2) is 4.39 Å². The van der Waals surface area contributed by atoms with Crippen LogP contribution >= 0.6 is 0 Å². The Labute approximate surface area is 136 Å². The van der Waals surface area contributed by atoms with Gasteiger partial charge < -0.3 is 9.84 Å². The highest BCUT2D eigenvalue weighted by atomic mass is 19.1. The quantitative estimate of drug-likeness (QED) is 0.930. The van der Waals surface area contributed by atoms with Crippen LogP contribution in [0.1, 0.15) is 37.3 Å². The molecule has 0 spiro atoms. The van der Waals surface area contributed by atoms with E-state index in [0.717, 1.165) is 24.9 Å². The van der Waals surface area contributed by atoms with Crippen molar-refractivity contribution in [2.75, 3.05) is 19.8 Å². The van der Waals surface area contributed by atoms with E-state index in [9.17, 15) is 14.8 Å². The maximum Gasteiger partial charge on any atom is 0.124 e. The zero-order valence-corrected chi connectivity index (χ0v) is 13.5. The van der Waals surface area contributed by atoms with E-state index < -0.39 is 5.60 Å². The molecule has 0 radical (unpaired) electrons. The third kappa shape index (κ3) is 3.40. The minimum atomic E-state index is -0.716. The summed E-state index contributed by atoms with van der Waals surface area (Å²) >= 11 is 0. The highest BCUT2D eigenvalue weighted by Crippen LogP contribution is 2.36. The lowest BCUT2D eigenvalue weighted by Crippen LogP contribution is -2.52. The molecular formula is C18H23FN2O2. The van der Waals surface area contributed by atoms with Crippen LogP contribution in [0.5, 0.6) is 0 Å². The number of hydrogen-bond acceptors (Lipinski definition) is 4. The van der Waals surface area contributed by atoms with Crippen molar-refractivity contribution < 1.29 is 14.2 Å². The van der Waals surface area contributed by atoms with Crippen LogP contribution in [0, 0.1) is 23.1 Å². The lowest BCUT2D eigenvalue weighted by molar-refractivity contribution is -0.123. The van der Waals surface area contributed by atoms with Gasteiger partial charge in [0.2, 0.25) is 0 Å². The number of nitrogens with zero attached hydrogens (tertiary/aromatic N) is 2. The molecule has 0 saturated carbocycles. The van der Waals surface area contributed by atoms with Gasteiger partial charge in [0.05, 0.1) is 23.8 Å². The van der Waals surface area contributed by atoms with Gasteiger partial charge in [0.15, 0.2) is 0 Å². The summed E-state index contributed by atoms with van der Waals surface area (Å²) in [7, 11) is 0. The fourth-order valence-corrected chi connectivity index (χ4v) is 3.89. The fourth-order valence-electron chi connectivity index (χ4n) is 3.89. The molecule has 1 aromatic carbocycles. The molecule has 4 nitrogen and oxygen atoms in total.